The highest BCUT2D eigenvalue weighted by atomic mass is 16.2. The molecule has 1 aromatic heterocycles. The second-order valence-electron chi connectivity index (χ2n) is 9.13. The number of carbonyl (C=O) groups is 2. The molecule has 1 aromatic carbocycles. The van der Waals surface area contributed by atoms with E-state index in [1.54, 1.807) is 6.20 Å². The number of nitrogens with one attached hydrogen (secondary N) is 2. The number of hydrogen-bond donors (Lipinski definition) is 3. The molecule has 1 aliphatic heterocycles. The molecule has 33 heavy (non-hydrogen) atoms. The summed E-state index contributed by atoms with van der Waals surface area (Å²) in [5.74, 6) is 0.145. The Bertz CT molecular complexity index is 1190. The maximum Gasteiger partial charge on any atom is 0.263 e. The number of aromatic nitrogens is 1. The molecule has 2 aromatic rings. The molecule has 0 bridgehead atoms. The first-order chi connectivity index (χ1) is 16.0. The van der Waals surface area contributed by atoms with Crippen molar-refractivity contribution in [1.29, 1.82) is 0 Å². The largest absolute Gasteiger partial charge is 0.355 e. The molecule has 2 aliphatic carbocycles. The van der Waals surface area contributed by atoms with Gasteiger partial charge in [-0.2, -0.15) is 0 Å². The minimum atomic E-state index is -0.498. The van der Waals surface area contributed by atoms with Gasteiger partial charge in [-0.05, 0) is 41.0 Å². The molecule has 2 unspecified atom stereocenters. The van der Waals surface area contributed by atoms with Crippen LogP contribution in [0.25, 0.3) is 6.08 Å². The standard InChI is InChI=1S/C25H29N5O3/c1-27-24(32)19-10-17(23(31)28-22-20-13-29(9-8-26)14-21(20)22)12-30(25(19)33)11-16-6-2-4-15-5-3-7-18(15)16/h2-4,6-7,10,12,20-22H,5,8-9,11,13-14,26H2,1H3,(H,27,32)(H,28,31). The highest BCUT2D eigenvalue weighted by molar-refractivity contribution is 5.99. The molecule has 8 heteroatoms. The van der Waals surface area contributed by atoms with Crippen LogP contribution in [0.2, 0.25) is 0 Å². The highest BCUT2D eigenvalue weighted by Gasteiger charge is 2.56. The number of pyridine rings is 1. The SMILES string of the molecule is CNC(=O)c1cc(C(=O)NC2C3CN(CCN)CC32)cn(Cc2cccc3c2C=CC3)c1=O. The Balaban J connectivity index is 1.40. The molecule has 3 aliphatic rings. The Morgan fingerprint density at radius 1 is 1.18 bits per heavy atom. The summed E-state index contributed by atoms with van der Waals surface area (Å²) in [6.07, 6.45) is 6.60. The van der Waals surface area contributed by atoms with Crippen LogP contribution in [0.3, 0.4) is 0 Å². The highest BCUT2D eigenvalue weighted by Crippen LogP contribution is 2.45. The monoisotopic (exact) mass is 447 g/mol. The molecular weight excluding hydrogens is 418 g/mol. The molecule has 172 valence electrons. The van der Waals surface area contributed by atoms with Gasteiger partial charge in [-0.1, -0.05) is 30.4 Å². The van der Waals surface area contributed by atoms with Crippen molar-refractivity contribution in [2.75, 3.05) is 33.2 Å². The maximum absolute atomic E-state index is 13.1. The molecule has 1 saturated carbocycles. The van der Waals surface area contributed by atoms with Gasteiger partial charge in [-0.25, -0.2) is 0 Å². The number of piperidine rings is 1. The summed E-state index contributed by atoms with van der Waals surface area (Å²) < 4.78 is 1.47. The number of nitrogens with two attached hydrogens (primary N) is 1. The van der Waals surface area contributed by atoms with E-state index in [0.717, 1.165) is 37.2 Å². The number of amides is 2. The second kappa shape index (κ2) is 8.61. The van der Waals surface area contributed by atoms with Gasteiger partial charge in [0.15, 0.2) is 0 Å². The van der Waals surface area contributed by atoms with E-state index in [-0.39, 0.29) is 17.5 Å². The molecule has 2 heterocycles. The zero-order valence-corrected chi connectivity index (χ0v) is 18.7. The average Bonchev–Trinajstić information content (AvgIpc) is 3.18. The summed E-state index contributed by atoms with van der Waals surface area (Å²) in [6.45, 7) is 3.71. The van der Waals surface area contributed by atoms with Crippen molar-refractivity contribution < 1.29 is 9.59 Å². The fourth-order valence-corrected chi connectivity index (χ4v) is 5.29. The summed E-state index contributed by atoms with van der Waals surface area (Å²) in [4.78, 5) is 40.9. The zero-order chi connectivity index (χ0) is 23.1. The maximum atomic E-state index is 13.1. The van der Waals surface area contributed by atoms with Gasteiger partial charge in [0.05, 0.1) is 12.1 Å². The van der Waals surface area contributed by atoms with Crippen LogP contribution < -0.4 is 21.9 Å². The fourth-order valence-electron chi connectivity index (χ4n) is 5.29. The van der Waals surface area contributed by atoms with Gasteiger partial charge in [0.1, 0.15) is 5.56 Å². The van der Waals surface area contributed by atoms with Crippen molar-refractivity contribution >= 4 is 17.9 Å². The summed E-state index contributed by atoms with van der Waals surface area (Å²) in [5, 5.41) is 5.63. The van der Waals surface area contributed by atoms with Crippen LogP contribution in [0.4, 0.5) is 0 Å². The first-order valence-electron chi connectivity index (χ1n) is 11.5. The van der Waals surface area contributed by atoms with Gasteiger partial charge in [0, 0.05) is 45.5 Å². The van der Waals surface area contributed by atoms with E-state index in [1.807, 2.05) is 12.1 Å². The van der Waals surface area contributed by atoms with Crippen LogP contribution in [-0.4, -0.2) is 60.5 Å². The van der Waals surface area contributed by atoms with Crippen molar-refractivity contribution in [2.24, 2.45) is 17.6 Å². The van der Waals surface area contributed by atoms with Crippen molar-refractivity contribution in [3.05, 3.63) is 74.7 Å². The quantitative estimate of drug-likeness (QED) is 0.571. The number of fused-ring (bicyclic) bond motifs is 2. The lowest BCUT2D eigenvalue weighted by Crippen LogP contribution is -2.38. The predicted molar refractivity (Wildman–Crippen MR) is 126 cm³/mol. The number of likely N-dealkylation sites (tertiary alicyclic amines) is 1. The summed E-state index contributed by atoms with van der Waals surface area (Å²) in [5.41, 5.74) is 8.83. The molecule has 1 saturated heterocycles. The number of allylic oxidation sites excluding steroid dienone is 1. The first kappa shape index (κ1) is 21.6. The number of carbonyl (C=O) groups excluding carboxylic acids is 2. The average molecular weight is 448 g/mol. The lowest BCUT2D eigenvalue weighted by Gasteiger charge is -2.19. The smallest absolute Gasteiger partial charge is 0.263 e. The van der Waals surface area contributed by atoms with Gasteiger partial charge >= 0.3 is 0 Å². The van der Waals surface area contributed by atoms with Crippen LogP contribution in [-0.2, 0) is 13.0 Å². The molecule has 5 rings (SSSR count). The van der Waals surface area contributed by atoms with Gasteiger partial charge in [0.2, 0.25) is 0 Å². The number of nitrogens with zero attached hydrogens (tertiary/aromatic N) is 2. The topological polar surface area (TPSA) is 109 Å². The van der Waals surface area contributed by atoms with Crippen LogP contribution in [0, 0.1) is 11.8 Å². The second-order valence-corrected chi connectivity index (χ2v) is 9.13. The molecular formula is C25H29N5O3. The van der Waals surface area contributed by atoms with E-state index in [1.165, 1.54) is 23.2 Å². The van der Waals surface area contributed by atoms with Crippen LogP contribution in [0.1, 0.15) is 37.4 Å². The zero-order valence-electron chi connectivity index (χ0n) is 18.7. The Morgan fingerprint density at radius 2 is 1.97 bits per heavy atom. The normalized spacial score (nSPS) is 22.7. The molecule has 2 amide bonds. The van der Waals surface area contributed by atoms with Crippen LogP contribution >= 0.6 is 0 Å². The lowest BCUT2D eigenvalue weighted by atomic mass is 10.0. The molecule has 2 atom stereocenters. The van der Waals surface area contributed by atoms with E-state index in [2.05, 4.69) is 33.8 Å². The minimum Gasteiger partial charge on any atom is -0.355 e. The molecule has 2 fully saturated rings. The lowest BCUT2D eigenvalue weighted by molar-refractivity contribution is 0.0942. The van der Waals surface area contributed by atoms with E-state index in [9.17, 15) is 14.4 Å². The van der Waals surface area contributed by atoms with Gasteiger partial charge < -0.3 is 25.8 Å². The van der Waals surface area contributed by atoms with E-state index in [4.69, 9.17) is 5.73 Å². The number of hydrogen-bond acceptors (Lipinski definition) is 5. The Hall–Kier alpha value is -3.23. The van der Waals surface area contributed by atoms with Crippen molar-refractivity contribution in [1.82, 2.24) is 20.1 Å². The summed E-state index contributed by atoms with van der Waals surface area (Å²) in [6, 6.07) is 7.57. The van der Waals surface area contributed by atoms with E-state index >= 15 is 0 Å². The molecule has 8 nitrogen and oxygen atoms in total. The Kier molecular flexibility index (Phi) is 5.64. The predicted octanol–water partition coefficient (Wildman–Crippen LogP) is 0.444. The minimum absolute atomic E-state index is 0.0293. The van der Waals surface area contributed by atoms with Crippen molar-refractivity contribution in [3.8, 4) is 0 Å². The number of benzene rings is 1. The van der Waals surface area contributed by atoms with E-state index in [0.29, 0.717) is 30.5 Å². The molecule has 0 spiro atoms. The van der Waals surface area contributed by atoms with Crippen molar-refractivity contribution in [2.45, 2.75) is 19.0 Å². The Labute approximate surface area is 192 Å². The van der Waals surface area contributed by atoms with E-state index < -0.39 is 11.5 Å². The molecule has 0 radical (unpaired) electrons. The first-order valence-corrected chi connectivity index (χ1v) is 11.5. The number of rotatable bonds is 7. The third-order valence-electron chi connectivity index (χ3n) is 7.08. The fraction of sp³-hybridized carbons (Fsp3) is 0.400. The summed E-state index contributed by atoms with van der Waals surface area (Å²) in [7, 11) is 1.48. The van der Waals surface area contributed by atoms with Gasteiger partial charge in [-0.15, -0.1) is 0 Å². The third-order valence-corrected chi connectivity index (χ3v) is 7.08. The van der Waals surface area contributed by atoms with Crippen LogP contribution in [0.15, 0.2) is 41.3 Å². The van der Waals surface area contributed by atoms with Crippen LogP contribution in [0.5, 0.6) is 0 Å². The Morgan fingerprint density at radius 3 is 2.70 bits per heavy atom. The summed E-state index contributed by atoms with van der Waals surface area (Å²) >= 11 is 0. The van der Waals surface area contributed by atoms with Gasteiger partial charge in [-0.3, -0.25) is 14.4 Å². The van der Waals surface area contributed by atoms with Crippen molar-refractivity contribution in [3.63, 3.8) is 0 Å². The molecule has 4 N–H and O–H groups in total. The third kappa shape index (κ3) is 4.00. The van der Waals surface area contributed by atoms with Gasteiger partial charge in [0.25, 0.3) is 17.4 Å².